The lowest BCUT2D eigenvalue weighted by Crippen LogP contribution is -2.24. The summed E-state index contributed by atoms with van der Waals surface area (Å²) in [6.07, 6.45) is 1.70. The Bertz CT molecular complexity index is 1080. The second kappa shape index (κ2) is 8.32. The SMILES string of the molecule is Cc1ccn(C(C)C(=O)Nc2cc(Oc3ccc(Cl)cc3C)cc([N+](=O)[O-])c2)n1. The second-order valence-electron chi connectivity index (χ2n) is 6.59. The Morgan fingerprint density at radius 1 is 1.24 bits per heavy atom. The molecule has 0 bridgehead atoms. The van der Waals surface area contributed by atoms with Gasteiger partial charge in [-0.05, 0) is 50.6 Å². The van der Waals surface area contributed by atoms with Crippen molar-refractivity contribution in [1.29, 1.82) is 0 Å². The molecule has 1 aromatic heterocycles. The van der Waals surface area contributed by atoms with E-state index in [4.69, 9.17) is 16.3 Å². The number of carbonyl (C=O) groups is 1. The van der Waals surface area contributed by atoms with E-state index in [2.05, 4.69) is 10.4 Å². The van der Waals surface area contributed by atoms with E-state index in [1.54, 1.807) is 37.4 Å². The molecule has 3 aromatic rings. The molecule has 1 atom stereocenters. The van der Waals surface area contributed by atoms with Crippen LogP contribution in [-0.2, 0) is 4.79 Å². The van der Waals surface area contributed by atoms with Crippen molar-refractivity contribution >= 4 is 28.9 Å². The van der Waals surface area contributed by atoms with Gasteiger partial charge >= 0.3 is 0 Å². The highest BCUT2D eigenvalue weighted by atomic mass is 35.5. The minimum Gasteiger partial charge on any atom is -0.457 e. The van der Waals surface area contributed by atoms with Crippen LogP contribution in [0.1, 0.15) is 24.2 Å². The van der Waals surface area contributed by atoms with E-state index < -0.39 is 11.0 Å². The van der Waals surface area contributed by atoms with E-state index in [1.807, 2.05) is 13.8 Å². The third-order valence-corrected chi connectivity index (χ3v) is 4.49. The number of nitrogens with zero attached hydrogens (tertiary/aromatic N) is 3. The summed E-state index contributed by atoms with van der Waals surface area (Å²) >= 11 is 5.95. The van der Waals surface area contributed by atoms with E-state index in [-0.39, 0.29) is 23.0 Å². The van der Waals surface area contributed by atoms with Gasteiger partial charge in [0.25, 0.3) is 5.69 Å². The third-order valence-electron chi connectivity index (χ3n) is 4.25. The molecule has 0 aliphatic rings. The predicted octanol–water partition coefficient (Wildman–Crippen LogP) is 5.05. The van der Waals surface area contributed by atoms with E-state index in [0.29, 0.717) is 10.8 Å². The molecule has 0 saturated carbocycles. The van der Waals surface area contributed by atoms with Crippen LogP contribution in [0.5, 0.6) is 11.5 Å². The number of anilines is 1. The lowest BCUT2D eigenvalue weighted by Gasteiger charge is -2.14. The minimum absolute atomic E-state index is 0.202. The fourth-order valence-electron chi connectivity index (χ4n) is 2.69. The fraction of sp³-hybridized carbons (Fsp3) is 0.200. The lowest BCUT2D eigenvalue weighted by molar-refractivity contribution is -0.384. The van der Waals surface area contributed by atoms with E-state index in [0.717, 1.165) is 11.3 Å². The molecule has 1 N–H and O–H groups in total. The summed E-state index contributed by atoms with van der Waals surface area (Å²) in [5.41, 5.74) is 1.61. The summed E-state index contributed by atoms with van der Waals surface area (Å²) < 4.78 is 7.32. The number of ether oxygens (including phenoxy) is 1. The number of nitrogens with one attached hydrogen (secondary N) is 1. The molecule has 1 amide bonds. The van der Waals surface area contributed by atoms with Gasteiger partial charge in [0, 0.05) is 23.4 Å². The number of amides is 1. The maximum atomic E-state index is 12.6. The number of non-ortho nitro benzene ring substituents is 1. The van der Waals surface area contributed by atoms with Crippen LogP contribution in [0.15, 0.2) is 48.7 Å². The Hall–Kier alpha value is -3.39. The van der Waals surface area contributed by atoms with Crippen LogP contribution >= 0.6 is 11.6 Å². The van der Waals surface area contributed by atoms with Crippen molar-refractivity contribution in [3.63, 3.8) is 0 Å². The highest BCUT2D eigenvalue weighted by molar-refractivity contribution is 6.30. The maximum Gasteiger partial charge on any atom is 0.275 e. The molecule has 0 aliphatic carbocycles. The van der Waals surface area contributed by atoms with Gasteiger partial charge in [0.2, 0.25) is 5.91 Å². The fourth-order valence-corrected chi connectivity index (χ4v) is 2.92. The molecule has 29 heavy (non-hydrogen) atoms. The Morgan fingerprint density at radius 2 is 2.00 bits per heavy atom. The molecular formula is C20H19ClN4O4. The van der Waals surface area contributed by atoms with Gasteiger partial charge in [-0.2, -0.15) is 5.10 Å². The molecule has 0 fully saturated rings. The molecule has 0 aliphatic heterocycles. The monoisotopic (exact) mass is 414 g/mol. The summed E-state index contributed by atoms with van der Waals surface area (Å²) in [7, 11) is 0. The number of halogens is 1. The zero-order valence-electron chi connectivity index (χ0n) is 16.0. The number of hydrogen-bond acceptors (Lipinski definition) is 5. The van der Waals surface area contributed by atoms with Crippen molar-refractivity contribution in [3.05, 3.63) is 75.1 Å². The molecule has 0 spiro atoms. The van der Waals surface area contributed by atoms with Gasteiger partial charge in [0.05, 0.1) is 22.4 Å². The summed E-state index contributed by atoms with van der Waals surface area (Å²) in [5.74, 6) is 0.372. The molecule has 3 rings (SSSR count). The van der Waals surface area contributed by atoms with E-state index in [1.165, 1.54) is 22.9 Å². The van der Waals surface area contributed by atoms with Crippen molar-refractivity contribution in [2.75, 3.05) is 5.32 Å². The summed E-state index contributed by atoms with van der Waals surface area (Å²) in [6.45, 7) is 5.33. The van der Waals surface area contributed by atoms with Crippen LogP contribution in [0.2, 0.25) is 5.02 Å². The first-order valence-electron chi connectivity index (χ1n) is 8.79. The molecule has 1 unspecified atom stereocenters. The van der Waals surface area contributed by atoms with Gasteiger partial charge in [-0.3, -0.25) is 19.6 Å². The summed E-state index contributed by atoms with van der Waals surface area (Å²) in [6, 6.07) is 10.4. The van der Waals surface area contributed by atoms with E-state index >= 15 is 0 Å². The van der Waals surface area contributed by atoms with Crippen LogP contribution in [0.25, 0.3) is 0 Å². The van der Waals surface area contributed by atoms with Gasteiger partial charge in [-0.15, -0.1) is 0 Å². The highest BCUT2D eigenvalue weighted by Gasteiger charge is 2.18. The number of hydrogen-bond donors (Lipinski definition) is 1. The molecule has 9 heteroatoms. The second-order valence-corrected chi connectivity index (χ2v) is 7.02. The predicted molar refractivity (Wildman–Crippen MR) is 110 cm³/mol. The van der Waals surface area contributed by atoms with Crippen LogP contribution in [-0.4, -0.2) is 20.6 Å². The van der Waals surface area contributed by atoms with Crippen LogP contribution in [0, 0.1) is 24.0 Å². The first-order valence-corrected chi connectivity index (χ1v) is 9.17. The number of nitro groups is 1. The summed E-state index contributed by atoms with van der Waals surface area (Å²) in [5, 5.41) is 18.8. The number of benzene rings is 2. The van der Waals surface area contributed by atoms with Crippen LogP contribution in [0.4, 0.5) is 11.4 Å². The van der Waals surface area contributed by atoms with Crippen molar-refractivity contribution in [3.8, 4) is 11.5 Å². The molecule has 0 radical (unpaired) electrons. The van der Waals surface area contributed by atoms with Gasteiger partial charge in [0.1, 0.15) is 17.5 Å². The maximum absolute atomic E-state index is 12.6. The number of nitro benzene ring substituents is 1. The van der Waals surface area contributed by atoms with Gasteiger partial charge < -0.3 is 10.1 Å². The quantitative estimate of drug-likeness (QED) is 0.449. The third kappa shape index (κ3) is 4.91. The normalized spacial score (nSPS) is 11.7. The molecule has 1 heterocycles. The van der Waals surface area contributed by atoms with Gasteiger partial charge in [0.15, 0.2) is 0 Å². The molecule has 8 nitrogen and oxygen atoms in total. The standard InChI is InChI=1S/C20H19ClN4O4/c1-12-8-15(21)4-5-19(12)29-18-10-16(9-17(11-18)25(27)28)22-20(26)14(3)24-7-6-13(2)23-24/h4-11,14H,1-3H3,(H,22,26). The number of aryl methyl sites for hydroxylation is 2. The molecule has 150 valence electrons. The largest absolute Gasteiger partial charge is 0.457 e. The smallest absolute Gasteiger partial charge is 0.275 e. The van der Waals surface area contributed by atoms with Crippen molar-refractivity contribution in [1.82, 2.24) is 9.78 Å². The topological polar surface area (TPSA) is 99.3 Å². The Labute approximate surface area is 172 Å². The van der Waals surface area contributed by atoms with Crippen LogP contribution < -0.4 is 10.1 Å². The van der Waals surface area contributed by atoms with Gasteiger partial charge in [-0.1, -0.05) is 11.6 Å². The first kappa shape index (κ1) is 20.3. The number of rotatable bonds is 6. The Kier molecular flexibility index (Phi) is 5.84. The average Bonchev–Trinajstić information content (AvgIpc) is 3.09. The lowest BCUT2D eigenvalue weighted by atomic mass is 10.2. The highest BCUT2D eigenvalue weighted by Crippen LogP contribution is 2.32. The minimum atomic E-state index is -0.592. The van der Waals surface area contributed by atoms with Crippen LogP contribution in [0.3, 0.4) is 0 Å². The number of aromatic nitrogens is 2. The summed E-state index contributed by atoms with van der Waals surface area (Å²) in [4.78, 5) is 23.3. The molecule has 2 aromatic carbocycles. The number of carbonyl (C=O) groups excluding carboxylic acids is 1. The molecule has 0 saturated heterocycles. The Morgan fingerprint density at radius 3 is 2.62 bits per heavy atom. The van der Waals surface area contributed by atoms with Crippen molar-refractivity contribution in [2.24, 2.45) is 0 Å². The Balaban J connectivity index is 1.86. The van der Waals surface area contributed by atoms with Crippen molar-refractivity contribution in [2.45, 2.75) is 26.8 Å². The zero-order valence-corrected chi connectivity index (χ0v) is 16.8. The van der Waals surface area contributed by atoms with Crippen molar-refractivity contribution < 1.29 is 14.5 Å². The average molecular weight is 415 g/mol. The first-order chi connectivity index (χ1) is 13.7. The zero-order chi connectivity index (χ0) is 21.1. The molecular weight excluding hydrogens is 396 g/mol. The van der Waals surface area contributed by atoms with Gasteiger partial charge in [-0.25, -0.2) is 0 Å². The van der Waals surface area contributed by atoms with E-state index in [9.17, 15) is 14.9 Å².